The topological polar surface area (TPSA) is 47.2 Å². The number of fused-ring (bicyclic) bond motifs is 1. The number of aryl methyl sites for hydroxylation is 3. The van der Waals surface area contributed by atoms with Crippen molar-refractivity contribution in [3.05, 3.63) is 95.4 Å². The normalized spacial score (nSPS) is 11.0. The van der Waals surface area contributed by atoms with Gasteiger partial charge in [-0.2, -0.15) is 0 Å². The number of nitrogens with one attached hydrogen (secondary N) is 1. The maximum absolute atomic E-state index is 12.9. The van der Waals surface area contributed by atoms with E-state index in [0.717, 1.165) is 41.8 Å². The van der Waals surface area contributed by atoms with Gasteiger partial charge in [0.1, 0.15) is 11.5 Å². The summed E-state index contributed by atoms with van der Waals surface area (Å²) in [6, 6.07) is 24.2. The van der Waals surface area contributed by atoms with Crippen molar-refractivity contribution in [2.24, 2.45) is 0 Å². The number of hydrogen-bond donors (Lipinski definition) is 1. The highest BCUT2D eigenvalue weighted by atomic mass is 16.3. The van der Waals surface area contributed by atoms with Crippen LogP contribution in [0.4, 0.5) is 0 Å². The number of carbonyl (C=O) groups excluding carboxylic acids is 1. The number of benzene rings is 2. The first kappa shape index (κ1) is 18.1. The van der Waals surface area contributed by atoms with E-state index in [1.54, 1.807) is 0 Å². The van der Waals surface area contributed by atoms with Gasteiger partial charge in [-0.25, -0.2) is 0 Å². The van der Waals surface area contributed by atoms with E-state index in [1.165, 1.54) is 5.56 Å². The smallest absolute Gasteiger partial charge is 0.268 e. The molecule has 0 unspecified atom stereocenters. The first-order chi connectivity index (χ1) is 13.7. The average Bonchev–Trinajstić information content (AvgIpc) is 3.24. The average molecular weight is 372 g/mol. The molecule has 2 aromatic carbocycles. The molecule has 2 heterocycles. The number of nitrogens with zero attached hydrogens (tertiary/aromatic N) is 1. The lowest BCUT2D eigenvalue weighted by molar-refractivity contribution is 0.0942. The molecule has 1 amide bonds. The summed E-state index contributed by atoms with van der Waals surface area (Å²) < 4.78 is 7.84. The third kappa shape index (κ3) is 4.01. The highest BCUT2D eigenvalue weighted by molar-refractivity contribution is 5.97. The Labute approximate surface area is 164 Å². The zero-order valence-electron chi connectivity index (χ0n) is 16.0. The minimum atomic E-state index is -0.0763. The molecule has 0 saturated heterocycles. The zero-order valence-corrected chi connectivity index (χ0v) is 16.0. The fourth-order valence-corrected chi connectivity index (χ4v) is 3.55. The summed E-state index contributed by atoms with van der Waals surface area (Å²) in [7, 11) is 0. The summed E-state index contributed by atoms with van der Waals surface area (Å²) in [5.74, 6) is 0.783. The van der Waals surface area contributed by atoms with Gasteiger partial charge in [-0.1, -0.05) is 60.7 Å². The van der Waals surface area contributed by atoms with Crippen LogP contribution in [0.25, 0.3) is 11.1 Å². The molecule has 0 spiro atoms. The first-order valence-electron chi connectivity index (χ1n) is 9.66. The van der Waals surface area contributed by atoms with Gasteiger partial charge in [0.25, 0.3) is 5.91 Å². The van der Waals surface area contributed by atoms with Gasteiger partial charge in [0.05, 0.1) is 5.52 Å². The third-order valence-electron chi connectivity index (χ3n) is 4.93. The molecule has 0 aliphatic carbocycles. The lowest BCUT2D eigenvalue weighted by Gasteiger charge is -2.11. The van der Waals surface area contributed by atoms with Crippen LogP contribution in [-0.4, -0.2) is 10.5 Å². The summed E-state index contributed by atoms with van der Waals surface area (Å²) in [5, 5.41) is 3.03. The van der Waals surface area contributed by atoms with E-state index in [-0.39, 0.29) is 5.91 Å². The second-order valence-electron chi connectivity index (χ2n) is 7.05. The maximum Gasteiger partial charge on any atom is 0.268 e. The number of rotatable bonds is 7. The summed E-state index contributed by atoms with van der Waals surface area (Å²) >= 11 is 0. The largest absolute Gasteiger partial charge is 0.460 e. The lowest BCUT2D eigenvalue weighted by Crippen LogP contribution is -2.25. The molecular formula is C24H24N2O2. The molecular weight excluding hydrogens is 348 g/mol. The highest BCUT2D eigenvalue weighted by Gasteiger charge is 2.18. The van der Waals surface area contributed by atoms with Gasteiger partial charge in [0.2, 0.25) is 0 Å². The summed E-state index contributed by atoms with van der Waals surface area (Å²) in [4.78, 5) is 12.9. The lowest BCUT2D eigenvalue weighted by atomic mass is 10.1. The second-order valence-corrected chi connectivity index (χ2v) is 7.05. The van der Waals surface area contributed by atoms with Crippen LogP contribution >= 0.6 is 0 Å². The van der Waals surface area contributed by atoms with E-state index in [1.807, 2.05) is 55.5 Å². The fraction of sp³-hybridized carbons (Fsp3) is 0.208. The van der Waals surface area contributed by atoms with E-state index in [9.17, 15) is 4.79 Å². The zero-order chi connectivity index (χ0) is 19.3. The Morgan fingerprint density at radius 3 is 2.36 bits per heavy atom. The van der Waals surface area contributed by atoms with Gasteiger partial charge in [0, 0.05) is 25.2 Å². The Bertz CT molecular complexity index is 1060. The van der Waals surface area contributed by atoms with Gasteiger partial charge < -0.3 is 14.3 Å². The van der Waals surface area contributed by atoms with E-state index >= 15 is 0 Å². The molecule has 4 rings (SSSR count). The van der Waals surface area contributed by atoms with Crippen molar-refractivity contribution in [3.8, 4) is 0 Å². The molecule has 0 fully saturated rings. The predicted octanol–water partition coefficient (Wildman–Crippen LogP) is 5.11. The van der Waals surface area contributed by atoms with Gasteiger partial charge in [-0.05, 0) is 30.9 Å². The van der Waals surface area contributed by atoms with Crippen LogP contribution in [0, 0.1) is 6.92 Å². The summed E-state index contributed by atoms with van der Waals surface area (Å²) in [6.07, 6.45) is 1.93. The van der Waals surface area contributed by atoms with Gasteiger partial charge in [0.15, 0.2) is 5.58 Å². The van der Waals surface area contributed by atoms with E-state index in [0.29, 0.717) is 12.2 Å². The van der Waals surface area contributed by atoms with Crippen molar-refractivity contribution in [1.29, 1.82) is 0 Å². The highest BCUT2D eigenvalue weighted by Crippen LogP contribution is 2.24. The van der Waals surface area contributed by atoms with Gasteiger partial charge in [-0.15, -0.1) is 0 Å². The molecule has 0 aliphatic heterocycles. The number of aromatic nitrogens is 1. The Balaban J connectivity index is 1.51. The van der Waals surface area contributed by atoms with Crippen LogP contribution < -0.4 is 5.32 Å². The molecule has 0 saturated carbocycles. The third-order valence-corrected chi connectivity index (χ3v) is 4.93. The minimum Gasteiger partial charge on any atom is -0.460 e. The summed E-state index contributed by atoms with van der Waals surface area (Å²) in [5.41, 5.74) is 4.79. The van der Waals surface area contributed by atoms with E-state index in [4.69, 9.17) is 4.42 Å². The molecule has 4 heteroatoms. The van der Waals surface area contributed by atoms with Crippen LogP contribution in [-0.2, 0) is 19.5 Å². The molecule has 0 bridgehead atoms. The molecule has 1 N–H and O–H groups in total. The van der Waals surface area contributed by atoms with Crippen molar-refractivity contribution in [3.63, 3.8) is 0 Å². The van der Waals surface area contributed by atoms with Crippen molar-refractivity contribution in [1.82, 2.24) is 9.88 Å². The quantitative estimate of drug-likeness (QED) is 0.490. The first-order valence-corrected chi connectivity index (χ1v) is 9.66. The standard InChI is InChI=1S/C24H24N2O2/c1-18-15-21-23(28-18)16-22(24(27)25-17-20-11-6-3-7-12-20)26(21)14-8-13-19-9-4-2-5-10-19/h2-7,9-12,15-16H,8,13-14,17H2,1H3,(H,25,27). The molecule has 142 valence electrons. The van der Waals surface area contributed by atoms with E-state index < -0.39 is 0 Å². The SMILES string of the molecule is Cc1cc2c(cc(C(=O)NCc3ccccc3)n2CCCc2ccccc2)o1. The number of furan rings is 1. The number of carbonyl (C=O) groups is 1. The van der Waals surface area contributed by atoms with Crippen LogP contribution in [0.2, 0.25) is 0 Å². The van der Waals surface area contributed by atoms with Crippen LogP contribution in [0.15, 0.2) is 77.2 Å². The van der Waals surface area contributed by atoms with Crippen LogP contribution in [0.1, 0.15) is 33.8 Å². The Morgan fingerprint density at radius 2 is 1.64 bits per heavy atom. The van der Waals surface area contributed by atoms with Crippen molar-refractivity contribution in [2.45, 2.75) is 32.9 Å². The molecule has 4 aromatic rings. The van der Waals surface area contributed by atoms with Gasteiger partial charge >= 0.3 is 0 Å². The van der Waals surface area contributed by atoms with Crippen molar-refractivity contribution >= 4 is 17.0 Å². The fourth-order valence-electron chi connectivity index (χ4n) is 3.55. The molecule has 0 atom stereocenters. The molecule has 0 radical (unpaired) electrons. The monoisotopic (exact) mass is 372 g/mol. The second kappa shape index (κ2) is 8.17. The predicted molar refractivity (Wildman–Crippen MR) is 111 cm³/mol. The number of hydrogen-bond acceptors (Lipinski definition) is 2. The molecule has 28 heavy (non-hydrogen) atoms. The maximum atomic E-state index is 12.9. The van der Waals surface area contributed by atoms with E-state index in [2.05, 4.69) is 34.1 Å². The number of amides is 1. The van der Waals surface area contributed by atoms with Crippen LogP contribution in [0.5, 0.6) is 0 Å². The Morgan fingerprint density at radius 1 is 0.964 bits per heavy atom. The summed E-state index contributed by atoms with van der Waals surface area (Å²) in [6.45, 7) is 3.21. The van der Waals surface area contributed by atoms with Crippen LogP contribution in [0.3, 0.4) is 0 Å². The molecule has 0 aliphatic rings. The molecule has 2 aromatic heterocycles. The molecule has 4 nitrogen and oxygen atoms in total. The Hall–Kier alpha value is -3.27. The minimum absolute atomic E-state index is 0.0763. The van der Waals surface area contributed by atoms with Crippen molar-refractivity contribution in [2.75, 3.05) is 0 Å². The Kier molecular flexibility index (Phi) is 5.29. The van der Waals surface area contributed by atoms with Gasteiger partial charge in [-0.3, -0.25) is 4.79 Å². The van der Waals surface area contributed by atoms with Crippen molar-refractivity contribution < 1.29 is 9.21 Å².